The first kappa shape index (κ1) is 35.7. The van der Waals surface area contributed by atoms with Gasteiger partial charge in [0.1, 0.15) is 0 Å². The topological polar surface area (TPSA) is 55.4 Å². The summed E-state index contributed by atoms with van der Waals surface area (Å²) in [4.78, 5) is 0. The van der Waals surface area contributed by atoms with Crippen LogP contribution in [0.25, 0.3) is 12.2 Å². The Hall–Kier alpha value is -1.65. The molecule has 7 rings (SSSR count). The highest BCUT2D eigenvalue weighted by Gasteiger charge is 2.63. The maximum atomic E-state index is 6.06. The molecule has 246 valence electrons. The van der Waals surface area contributed by atoms with Gasteiger partial charge in [-0.15, -0.1) is 0 Å². The first-order valence-corrected chi connectivity index (χ1v) is 17.2. The van der Waals surface area contributed by atoms with Gasteiger partial charge in [0.05, 0.1) is 33.6 Å². The van der Waals surface area contributed by atoms with Crippen LogP contribution in [0.3, 0.4) is 0 Å². The molecule has 6 nitrogen and oxygen atoms in total. The molecule has 0 spiro atoms. The Labute approximate surface area is 286 Å². The molecule has 3 fully saturated rings. The second-order valence-electron chi connectivity index (χ2n) is 15.9. The fourth-order valence-corrected chi connectivity index (χ4v) is 5.99. The molecule has 0 amide bonds. The molecule has 0 saturated carbocycles. The summed E-state index contributed by atoms with van der Waals surface area (Å²) in [5.74, 6) is 0. The highest BCUT2D eigenvalue weighted by atomic mass is 79.9. The molecule has 0 bridgehead atoms. The van der Waals surface area contributed by atoms with Crippen molar-refractivity contribution >= 4 is 54.7 Å². The minimum atomic E-state index is -0.476. The molecule has 46 heavy (non-hydrogen) atoms. The lowest BCUT2D eigenvalue weighted by atomic mass is 9.49. The third-order valence-electron chi connectivity index (χ3n) is 10.8. The van der Waals surface area contributed by atoms with Crippen LogP contribution < -0.4 is 5.46 Å². The van der Waals surface area contributed by atoms with Gasteiger partial charge in [0, 0.05) is 4.47 Å². The van der Waals surface area contributed by atoms with Crippen LogP contribution in [0.4, 0.5) is 0 Å². The molecule has 0 unspecified atom stereocenters. The third-order valence-corrected chi connectivity index (χ3v) is 11.3. The highest BCUT2D eigenvalue weighted by molar-refractivity contribution is 9.10. The number of rotatable bonds is 2. The van der Waals surface area contributed by atoms with E-state index in [1.807, 2.05) is 55.4 Å². The Morgan fingerprint density at radius 1 is 0.500 bits per heavy atom. The summed E-state index contributed by atoms with van der Waals surface area (Å²) < 4.78 is 37.1. The van der Waals surface area contributed by atoms with Crippen LogP contribution in [-0.2, 0) is 40.8 Å². The minimum absolute atomic E-state index is 0.255. The molecule has 3 heterocycles. The molecule has 0 radical (unpaired) electrons. The normalized spacial score (nSPS) is 24.7. The zero-order chi connectivity index (χ0) is 33.9. The summed E-state index contributed by atoms with van der Waals surface area (Å²) in [6.07, 6.45) is 10.9. The zero-order valence-corrected chi connectivity index (χ0v) is 31.3. The molecule has 2 aliphatic carbocycles. The summed E-state index contributed by atoms with van der Waals surface area (Å²) in [6.45, 7) is 24.5. The van der Waals surface area contributed by atoms with Gasteiger partial charge in [0.2, 0.25) is 0 Å². The Balaban J connectivity index is 0.000000142. The molecular formula is C36H50B3BrO6. The van der Waals surface area contributed by atoms with Gasteiger partial charge in [0.15, 0.2) is 0 Å². The fourth-order valence-electron chi connectivity index (χ4n) is 5.61. The Morgan fingerprint density at radius 2 is 0.870 bits per heavy atom. The number of hydrogen-bond acceptors (Lipinski definition) is 6. The van der Waals surface area contributed by atoms with Crippen LogP contribution in [0.1, 0.15) is 105 Å². The lowest BCUT2D eigenvalue weighted by Gasteiger charge is -2.32. The number of hydrogen-bond donors (Lipinski definition) is 0. The number of allylic oxidation sites excluding steroid dienone is 2. The smallest absolute Gasteiger partial charge is 0.405 e. The Kier molecular flexibility index (Phi) is 9.57. The van der Waals surface area contributed by atoms with E-state index in [9.17, 15) is 0 Å². The second-order valence-corrected chi connectivity index (χ2v) is 16.8. The van der Waals surface area contributed by atoms with E-state index in [-0.39, 0.29) is 40.7 Å². The van der Waals surface area contributed by atoms with Crippen molar-refractivity contribution in [3.05, 3.63) is 75.3 Å². The average molecular weight is 691 g/mol. The molecule has 0 aromatic heterocycles. The van der Waals surface area contributed by atoms with Crippen molar-refractivity contribution in [2.24, 2.45) is 0 Å². The van der Waals surface area contributed by atoms with E-state index in [2.05, 4.69) is 104 Å². The highest BCUT2D eigenvalue weighted by Crippen LogP contribution is 2.43. The number of fused-ring (bicyclic) bond motifs is 2. The minimum Gasteiger partial charge on any atom is -0.405 e. The fraction of sp³-hybridized carbons (Fsp3) is 0.556. The third kappa shape index (κ3) is 7.05. The van der Waals surface area contributed by atoms with Crippen LogP contribution >= 0.6 is 15.9 Å². The Morgan fingerprint density at radius 3 is 1.30 bits per heavy atom. The maximum absolute atomic E-state index is 6.06. The van der Waals surface area contributed by atoms with Gasteiger partial charge in [-0.05, 0) is 136 Å². The van der Waals surface area contributed by atoms with E-state index in [1.54, 1.807) is 0 Å². The van der Waals surface area contributed by atoms with Crippen molar-refractivity contribution in [1.29, 1.82) is 0 Å². The van der Waals surface area contributed by atoms with Crippen LogP contribution in [0.2, 0.25) is 0 Å². The van der Waals surface area contributed by atoms with E-state index < -0.39 is 14.0 Å². The van der Waals surface area contributed by atoms with Gasteiger partial charge < -0.3 is 27.9 Å². The first-order valence-electron chi connectivity index (χ1n) is 16.4. The summed E-state index contributed by atoms with van der Waals surface area (Å²) in [5, 5.41) is 0. The van der Waals surface area contributed by atoms with Gasteiger partial charge >= 0.3 is 21.1 Å². The molecule has 0 N–H and O–H groups in total. The lowest BCUT2D eigenvalue weighted by molar-refractivity contribution is 0.00578. The van der Waals surface area contributed by atoms with E-state index in [0.29, 0.717) is 0 Å². The summed E-state index contributed by atoms with van der Waals surface area (Å²) in [5.41, 5.74) is 4.60. The summed E-state index contributed by atoms with van der Waals surface area (Å²) in [7, 11) is -1.21. The van der Waals surface area contributed by atoms with Gasteiger partial charge in [-0.2, -0.15) is 0 Å². The van der Waals surface area contributed by atoms with Gasteiger partial charge in [0.25, 0.3) is 0 Å². The van der Waals surface area contributed by atoms with Crippen molar-refractivity contribution < 1.29 is 27.9 Å². The van der Waals surface area contributed by atoms with Gasteiger partial charge in [-0.25, -0.2) is 0 Å². The molecule has 3 aliphatic heterocycles. The standard InChI is InChI=1S/C15H19BO2.C12H24B2O4.C9H7Br/c1-14(2)15(3,4)18-16(17-14)13-9-8-11-6-5-7-12(11)10-13;1-9(2)10(3,4)16-13(15-9)14-17-11(5,6)12(7,8)18-14;10-9-5-4-7-2-1-3-8(7)6-9/h5,7-10H,6H2,1-4H3;1-8H3;1,3-6H,2H2. The van der Waals surface area contributed by atoms with Crippen molar-refractivity contribution in [1.82, 2.24) is 0 Å². The quantitative estimate of drug-likeness (QED) is 0.300. The molecular weight excluding hydrogens is 641 g/mol. The summed E-state index contributed by atoms with van der Waals surface area (Å²) in [6, 6.07) is 12.9. The van der Waals surface area contributed by atoms with Crippen molar-refractivity contribution in [2.45, 2.75) is 130 Å². The molecule has 2 aromatic rings. The van der Waals surface area contributed by atoms with Crippen LogP contribution in [0.15, 0.2) is 53.0 Å². The second kappa shape index (κ2) is 12.4. The predicted molar refractivity (Wildman–Crippen MR) is 194 cm³/mol. The Bertz CT molecular complexity index is 1430. The van der Waals surface area contributed by atoms with E-state index >= 15 is 0 Å². The van der Waals surface area contributed by atoms with Crippen LogP contribution in [0.5, 0.6) is 0 Å². The average Bonchev–Trinajstić information content (AvgIpc) is 3.71. The molecule has 0 atom stereocenters. The largest absolute Gasteiger partial charge is 0.494 e. The van der Waals surface area contributed by atoms with Gasteiger partial charge in [-0.3, -0.25) is 0 Å². The van der Waals surface area contributed by atoms with E-state index in [1.165, 1.54) is 22.3 Å². The molecule has 3 saturated heterocycles. The molecule has 5 aliphatic rings. The zero-order valence-electron chi connectivity index (χ0n) is 29.7. The number of halogens is 1. The van der Waals surface area contributed by atoms with E-state index in [4.69, 9.17) is 27.9 Å². The monoisotopic (exact) mass is 690 g/mol. The van der Waals surface area contributed by atoms with Gasteiger partial charge in [-0.1, -0.05) is 64.5 Å². The number of benzene rings is 2. The summed E-state index contributed by atoms with van der Waals surface area (Å²) >= 11 is 3.43. The molecule has 2 aromatic carbocycles. The SMILES string of the molecule is Brc1ccc2c(c1)C=CC2.CC1(C)OB(B2OC(C)(C)C(C)(C)O2)OC1(C)C.CC1(C)OB(c2ccc3c(c2)C=CC3)OC1(C)C. The molecule has 10 heteroatoms. The van der Waals surface area contributed by atoms with Crippen molar-refractivity contribution in [2.75, 3.05) is 0 Å². The first-order chi connectivity index (χ1) is 21.1. The van der Waals surface area contributed by atoms with Crippen molar-refractivity contribution in [3.8, 4) is 0 Å². The van der Waals surface area contributed by atoms with Crippen molar-refractivity contribution in [3.63, 3.8) is 0 Å². The van der Waals surface area contributed by atoms with E-state index in [0.717, 1.165) is 22.8 Å². The van der Waals surface area contributed by atoms with Crippen LogP contribution in [-0.4, -0.2) is 54.7 Å². The lowest BCUT2D eigenvalue weighted by Crippen LogP contribution is -2.41. The predicted octanol–water partition coefficient (Wildman–Crippen LogP) is 7.82. The van der Waals surface area contributed by atoms with Crippen LogP contribution in [0, 0.1) is 0 Å². The maximum Gasteiger partial charge on any atom is 0.494 e.